The molecule has 112 valence electrons. The predicted octanol–water partition coefficient (Wildman–Crippen LogP) is 3.81. The molecule has 0 saturated heterocycles. The summed E-state index contributed by atoms with van der Waals surface area (Å²) < 4.78 is 13.9. The number of tetrazole rings is 1. The molecule has 0 aliphatic rings. The van der Waals surface area contributed by atoms with Crippen LogP contribution in [-0.4, -0.2) is 20.6 Å². The van der Waals surface area contributed by atoms with Crippen molar-refractivity contribution in [3.63, 3.8) is 0 Å². The number of H-pyrrole nitrogens is 1. The zero-order valence-electron chi connectivity index (χ0n) is 12.3. The van der Waals surface area contributed by atoms with Gasteiger partial charge < -0.3 is 5.32 Å². The van der Waals surface area contributed by atoms with E-state index in [9.17, 15) is 4.39 Å². The Bertz CT molecular complexity index is 745. The van der Waals surface area contributed by atoms with Gasteiger partial charge in [-0.3, -0.25) is 0 Å². The molecular weight excluding hydrogens is 281 g/mol. The number of halogens is 1. The number of nitrogens with zero attached hydrogens (tertiary/aromatic N) is 3. The van der Waals surface area contributed by atoms with Gasteiger partial charge in [0, 0.05) is 16.9 Å². The predicted molar refractivity (Wildman–Crippen MR) is 83.5 cm³/mol. The highest BCUT2D eigenvalue weighted by Gasteiger charge is 2.18. The normalized spacial score (nSPS) is 11.4. The van der Waals surface area contributed by atoms with Crippen LogP contribution in [0.15, 0.2) is 48.5 Å². The lowest BCUT2D eigenvalue weighted by molar-refractivity contribution is 0.221. The summed E-state index contributed by atoms with van der Waals surface area (Å²) in [6.45, 7) is 3.09. The Morgan fingerprint density at radius 1 is 1.05 bits per heavy atom. The van der Waals surface area contributed by atoms with Crippen LogP contribution < -0.4 is 5.32 Å². The summed E-state index contributed by atoms with van der Waals surface area (Å²) in [7, 11) is 0. The molecule has 2 N–H and O–H groups in total. The largest absolute Gasteiger partial charge is 0.355 e. The third kappa shape index (κ3) is 2.95. The highest BCUT2D eigenvalue weighted by molar-refractivity contribution is 5.77. The second-order valence-corrected chi connectivity index (χ2v) is 5.46. The topological polar surface area (TPSA) is 66.5 Å². The van der Waals surface area contributed by atoms with Crippen molar-refractivity contribution >= 4 is 11.4 Å². The van der Waals surface area contributed by atoms with Crippen molar-refractivity contribution in [2.75, 3.05) is 5.32 Å². The zero-order valence-corrected chi connectivity index (χ0v) is 12.3. The van der Waals surface area contributed by atoms with Crippen molar-refractivity contribution in [3.8, 4) is 11.4 Å². The minimum absolute atomic E-state index is 0.518. The van der Waals surface area contributed by atoms with Gasteiger partial charge in [-0.05, 0) is 48.9 Å². The van der Waals surface area contributed by atoms with Gasteiger partial charge in [0.25, 0.3) is 0 Å². The summed E-state index contributed by atoms with van der Waals surface area (Å²) in [6.07, 6.45) is 0. The molecule has 0 aliphatic heterocycles. The Hall–Kier alpha value is -2.76. The maximum Gasteiger partial charge on any atom is 0.206 e. The van der Waals surface area contributed by atoms with Crippen molar-refractivity contribution in [1.29, 1.82) is 0 Å². The smallest absolute Gasteiger partial charge is 0.206 e. The zero-order chi connectivity index (χ0) is 15.6. The fourth-order valence-corrected chi connectivity index (χ4v) is 2.17. The Balaban J connectivity index is 1.88. The van der Waals surface area contributed by atoms with E-state index in [1.165, 1.54) is 0 Å². The molecule has 3 aromatic rings. The molecule has 0 fully saturated rings. The second-order valence-electron chi connectivity index (χ2n) is 5.46. The van der Waals surface area contributed by atoms with Crippen LogP contribution >= 0.6 is 0 Å². The number of hydrogen-bond acceptors (Lipinski definition) is 4. The van der Waals surface area contributed by atoms with Crippen LogP contribution in [0.4, 0.5) is 15.8 Å². The van der Waals surface area contributed by atoms with E-state index in [1.54, 1.807) is 26.0 Å². The minimum Gasteiger partial charge on any atom is -0.355 e. The Labute approximate surface area is 127 Å². The summed E-state index contributed by atoms with van der Waals surface area (Å²) >= 11 is 0. The minimum atomic E-state index is -1.35. The standard InChI is InChI=1S/C16H16FN5/c1-16(2,17)11-7-9-12(10-8-11)18-14-6-4-3-5-13(14)15-19-21-22-20-15/h3-10,18H,1-2H3,(H,19,20,21,22). The molecule has 5 nitrogen and oxygen atoms in total. The van der Waals surface area contributed by atoms with Crippen LogP contribution in [0, 0.1) is 0 Å². The van der Waals surface area contributed by atoms with Crippen LogP contribution in [0.3, 0.4) is 0 Å². The molecule has 0 radical (unpaired) electrons. The van der Waals surface area contributed by atoms with Gasteiger partial charge in [-0.1, -0.05) is 24.3 Å². The van der Waals surface area contributed by atoms with Gasteiger partial charge in [-0.15, -0.1) is 10.2 Å². The fourth-order valence-electron chi connectivity index (χ4n) is 2.17. The van der Waals surface area contributed by atoms with Crippen molar-refractivity contribution in [3.05, 3.63) is 54.1 Å². The van der Waals surface area contributed by atoms with Gasteiger partial charge in [0.05, 0.1) is 0 Å². The first-order chi connectivity index (χ1) is 10.5. The highest BCUT2D eigenvalue weighted by atomic mass is 19.1. The molecule has 3 rings (SSSR count). The molecule has 22 heavy (non-hydrogen) atoms. The molecule has 2 aromatic carbocycles. The Kier molecular flexibility index (Phi) is 3.58. The number of anilines is 2. The number of benzene rings is 2. The van der Waals surface area contributed by atoms with E-state index in [0.717, 1.165) is 16.9 Å². The van der Waals surface area contributed by atoms with Crippen LogP contribution in [0.2, 0.25) is 0 Å². The van der Waals surface area contributed by atoms with Crippen LogP contribution in [0.25, 0.3) is 11.4 Å². The summed E-state index contributed by atoms with van der Waals surface area (Å²) in [5, 5.41) is 17.3. The molecule has 0 amide bonds. The number of hydrogen-bond donors (Lipinski definition) is 2. The van der Waals surface area contributed by atoms with E-state index in [0.29, 0.717) is 11.4 Å². The van der Waals surface area contributed by atoms with E-state index < -0.39 is 5.67 Å². The second kappa shape index (κ2) is 5.55. The molecule has 0 aliphatic carbocycles. The first-order valence-electron chi connectivity index (χ1n) is 6.93. The fraction of sp³-hybridized carbons (Fsp3) is 0.188. The third-order valence-corrected chi connectivity index (χ3v) is 3.36. The third-order valence-electron chi connectivity index (χ3n) is 3.36. The lowest BCUT2D eigenvalue weighted by atomic mass is 10.00. The lowest BCUT2D eigenvalue weighted by Gasteiger charge is -2.16. The molecule has 0 atom stereocenters. The monoisotopic (exact) mass is 297 g/mol. The number of aromatic amines is 1. The van der Waals surface area contributed by atoms with Gasteiger partial charge in [0.1, 0.15) is 5.67 Å². The average Bonchev–Trinajstić information content (AvgIpc) is 3.01. The van der Waals surface area contributed by atoms with E-state index in [2.05, 4.69) is 25.9 Å². The molecule has 1 aromatic heterocycles. The van der Waals surface area contributed by atoms with Gasteiger partial charge in [-0.25, -0.2) is 4.39 Å². The summed E-state index contributed by atoms with van der Waals surface area (Å²) in [5.41, 5.74) is 1.86. The van der Waals surface area contributed by atoms with Gasteiger partial charge >= 0.3 is 0 Å². The molecule has 0 bridgehead atoms. The first-order valence-corrected chi connectivity index (χ1v) is 6.93. The van der Waals surface area contributed by atoms with E-state index >= 15 is 0 Å². The van der Waals surface area contributed by atoms with Crippen molar-refractivity contribution in [2.45, 2.75) is 19.5 Å². The van der Waals surface area contributed by atoms with Crippen molar-refractivity contribution in [1.82, 2.24) is 20.6 Å². The summed E-state index contributed by atoms with van der Waals surface area (Å²) in [4.78, 5) is 0. The maximum atomic E-state index is 13.9. The van der Waals surface area contributed by atoms with Crippen LogP contribution in [-0.2, 0) is 5.67 Å². The van der Waals surface area contributed by atoms with Crippen LogP contribution in [0.1, 0.15) is 19.4 Å². The van der Waals surface area contributed by atoms with Crippen molar-refractivity contribution in [2.24, 2.45) is 0 Å². The number of alkyl halides is 1. The van der Waals surface area contributed by atoms with E-state index in [1.807, 2.05) is 36.4 Å². The number of nitrogens with one attached hydrogen (secondary N) is 2. The SMILES string of the molecule is CC(C)(F)c1ccc(Nc2ccccc2-c2nn[nH]n2)cc1. The van der Waals surface area contributed by atoms with Crippen molar-refractivity contribution < 1.29 is 4.39 Å². The summed E-state index contributed by atoms with van der Waals surface area (Å²) in [5.74, 6) is 0.518. The molecule has 6 heteroatoms. The number of para-hydroxylation sites is 1. The van der Waals surface area contributed by atoms with Crippen LogP contribution in [0.5, 0.6) is 0 Å². The van der Waals surface area contributed by atoms with Gasteiger partial charge in [-0.2, -0.15) is 5.21 Å². The quantitative estimate of drug-likeness (QED) is 0.768. The molecule has 1 heterocycles. The first kappa shape index (κ1) is 14.2. The lowest BCUT2D eigenvalue weighted by Crippen LogP contribution is -2.08. The summed E-state index contributed by atoms with van der Waals surface area (Å²) in [6, 6.07) is 14.9. The maximum absolute atomic E-state index is 13.9. The average molecular weight is 297 g/mol. The van der Waals surface area contributed by atoms with Gasteiger partial charge in [0.2, 0.25) is 5.82 Å². The van der Waals surface area contributed by atoms with Gasteiger partial charge in [0.15, 0.2) is 0 Å². The van der Waals surface area contributed by atoms with E-state index in [-0.39, 0.29) is 0 Å². The Morgan fingerprint density at radius 3 is 2.41 bits per heavy atom. The molecule has 0 saturated carbocycles. The number of aromatic nitrogens is 4. The number of rotatable bonds is 4. The Morgan fingerprint density at radius 2 is 1.77 bits per heavy atom. The molecule has 0 unspecified atom stereocenters. The molecule has 0 spiro atoms. The molecular formula is C16H16FN5. The van der Waals surface area contributed by atoms with E-state index in [4.69, 9.17) is 0 Å². The highest BCUT2D eigenvalue weighted by Crippen LogP contribution is 2.29.